The predicted octanol–water partition coefficient (Wildman–Crippen LogP) is 2.08. The zero-order valence-electron chi connectivity index (χ0n) is 16.8. The topological polar surface area (TPSA) is 128 Å². The highest BCUT2D eigenvalue weighted by Gasteiger charge is 2.47. The van der Waals surface area contributed by atoms with Gasteiger partial charge in [-0.3, -0.25) is 10.2 Å². The molecule has 1 aliphatic carbocycles. The number of anilines is 1. The number of amides is 1. The van der Waals surface area contributed by atoms with Gasteiger partial charge >= 0.3 is 6.18 Å². The molecule has 1 aliphatic heterocycles. The van der Waals surface area contributed by atoms with Crippen LogP contribution in [0.1, 0.15) is 40.2 Å². The second-order valence-electron chi connectivity index (χ2n) is 7.75. The molecule has 1 aromatic heterocycles. The summed E-state index contributed by atoms with van der Waals surface area (Å²) in [5, 5.41) is 13.6. The summed E-state index contributed by atoms with van der Waals surface area (Å²) in [5.41, 5.74) is -0.233. The van der Waals surface area contributed by atoms with Crippen molar-refractivity contribution in [2.75, 3.05) is 18.1 Å². The Hall–Kier alpha value is -3.22. The average Bonchev–Trinajstić information content (AvgIpc) is 2.72. The summed E-state index contributed by atoms with van der Waals surface area (Å²) in [5.74, 6) is -1.73. The summed E-state index contributed by atoms with van der Waals surface area (Å²) in [6, 6.07) is 5.00. The van der Waals surface area contributed by atoms with E-state index >= 15 is 0 Å². The van der Waals surface area contributed by atoms with E-state index < -0.39 is 39.0 Å². The van der Waals surface area contributed by atoms with Crippen molar-refractivity contribution < 1.29 is 26.4 Å². The summed E-state index contributed by atoms with van der Waals surface area (Å²) in [6.07, 6.45) is -1.65. The molecule has 0 radical (unpaired) electrons. The van der Waals surface area contributed by atoms with E-state index in [9.17, 15) is 26.4 Å². The largest absolute Gasteiger partial charge is 0.419 e. The van der Waals surface area contributed by atoms with Gasteiger partial charge in [-0.1, -0.05) is 6.07 Å². The Morgan fingerprint density at radius 1 is 1.28 bits per heavy atom. The molecule has 2 heterocycles. The number of guanidine groups is 1. The zero-order chi connectivity index (χ0) is 23.3. The summed E-state index contributed by atoms with van der Waals surface area (Å²) in [7, 11) is -2.40. The van der Waals surface area contributed by atoms with Gasteiger partial charge in [-0.15, -0.1) is 0 Å². The molecule has 1 spiro atoms. The molecular weight excluding hydrogens is 449 g/mol. The highest BCUT2D eigenvalue weighted by atomic mass is 32.2. The van der Waals surface area contributed by atoms with Crippen molar-refractivity contribution in [3.8, 4) is 0 Å². The molecule has 9 nitrogen and oxygen atoms in total. The van der Waals surface area contributed by atoms with Crippen LogP contribution in [0.2, 0.25) is 0 Å². The molecule has 4 rings (SSSR count). The highest BCUT2D eigenvalue weighted by molar-refractivity contribution is 7.89. The van der Waals surface area contributed by atoms with E-state index in [1.807, 2.05) is 0 Å². The average molecular weight is 468 g/mol. The van der Waals surface area contributed by atoms with Crippen LogP contribution in [0.15, 0.2) is 30.6 Å². The van der Waals surface area contributed by atoms with Gasteiger partial charge in [-0.2, -0.15) is 13.2 Å². The van der Waals surface area contributed by atoms with Gasteiger partial charge in [-0.05, 0) is 42.5 Å². The molecule has 2 aliphatic rings. The monoisotopic (exact) mass is 468 g/mol. The number of carbonyl (C=O) groups excluding carboxylic acids is 1. The predicted molar refractivity (Wildman–Crippen MR) is 108 cm³/mol. The van der Waals surface area contributed by atoms with Crippen LogP contribution in [0.4, 0.5) is 18.9 Å². The van der Waals surface area contributed by atoms with Crippen LogP contribution in [-0.2, 0) is 28.2 Å². The quantitative estimate of drug-likeness (QED) is 0.619. The molecule has 0 unspecified atom stereocenters. The number of aromatic nitrogens is 2. The van der Waals surface area contributed by atoms with E-state index in [0.717, 1.165) is 16.3 Å². The maximum atomic E-state index is 12.7. The van der Waals surface area contributed by atoms with E-state index in [2.05, 4.69) is 20.6 Å². The lowest BCUT2D eigenvalue weighted by atomic mass is 9.77. The number of rotatable bonds is 2. The van der Waals surface area contributed by atoms with E-state index in [1.54, 1.807) is 18.2 Å². The van der Waals surface area contributed by atoms with Gasteiger partial charge in [0.25, 0.3) is 5.91 Å². The third-order valence-electron chi connectivity index (χ3n) is 5.63. The summed E-state index contributed by atoms with van der Waals surface area (Å²) < 4.78 is 64.1. The van der Waals surface area contributed by atoms with E-state index in [1.165, 1.54) is 7.05 Å². The molecule has 1 saturated heterocycles. The maximum Gasteiger partial charge on any atom is 0.419 e. The smallest absolute Gasteiger partial charge is 0.345 e. The Morgan fingerprint density at radius 2 is 1.97 bits per heavy atom. The van der Waals surface area contributed by atoms with Crippen molar-refractivity contribution in [3.05, 3.63) is 53.1 Å². The minimum absolute atomic E-state index is 0.239. The minimum Gasteiger partial charge on any atom is -0.345 e. The summed E-state index contributed by atoms with van der Waals surface area (Å²) >= 11 is 0. The van der Waals surface area contributed by atoms with Crippen molar-refractivity contribution in [1.82, 2.24) is 19.6 Å². The number of alkyl halides is 3. The van der Waals surface area contributed by atoms with E-state index in [0.29, 0.717) is 36.5 Å². The number of halogens is 3. The van der Waals surface area contributed by atoms with Gasteiger partial charge in [0, 0.05) is 25.1 Å². The first-order valence-electron chi connectivity index (χ1n) is 9.59. The first-order chi connectivity index (χ1) is 14.9. The number of nitrogens with one attached hydrogen (secondary N) is 3. The Kier molecular flexibility index (Phi) is 5.11. The number of nitrogens with zero attached hydrogens (tertiary/aromatic N) is 3. The lowest BCUT2D eigenvalue weighted by Crippen LogP contribution is -2.63. The third kappa shape index (κ3) is 3.87. The second kappa shape index (κ2) is 7.43. The molecule has 3 N–H and O–H groups in total. The SMILES string of the molecule is CN1C(=N)N[C@@]2(CCCc3ccc(NC(=O)c4ncc(C(F)(F)F)cn4)cc32)CS1(=O)=O. The number of aryl methyl sites for hydroxylation is 1. The Morgan fingerprint density at radius 3 is 2.59 bits per heavy atom. The number of hydrogen-bond donors (Lipinski definition) is 3. The van der Waals surface area contributed by atoms with Gasteiger partial charge in [0.05, 0.1) is 16.9 Å². The van der Waals surface area contributed by atoms with Gasteiger partial charge in [0.1, 0.15) is 0 Å². The summed E-state index contributed by atoms with van der Waals surface area (Å²) in [6.45, 7) is 0. The van der Waals surface area contributed by atoms with Crippen LogP contribution in [0.25, 0.3) is 0 Å². The number of hydrogen-bond acceptors (Lipinski definition) is 6. The fraction of sp³-hybridized carbons (Fsp3) is 0.368. The van der Waals surface area contributed by atoms with Gasteiger partial charge < -0.3 is 10.6 Å². The molecule has 170 valence electrons. The lowest BCUT2D eigenvalue weighted by molar-refractivity contribution is -0.138. The van der Waals surface area contributed by atoms with Crippen LogP contribution in [0.5, 0.6) is 0 Å². The molecule has 1 fully saturated rings. The van der Waals surface area contributed by atoms with E-state index in [-0.39, 0.29) is 11.7 Å². The molecule has 13 heteroatoms. The van der Waals surface area contributed by atoms with Crippen molar-refractivity contribution in [2.24, 2.45) is 0 Å². The second-order valence-corrected chi connectivity index (χ2v) is 9.75. The molecule has 1 aromatic carbocycles. The molecule has 32 heavy (non-hydrogen) atoms. The van der Waals surface area contributed by atoms with Crippen LogP contribution in [0.3, 0.4) is 0 Å². The Bertz CT molecular complexity index is 1200. The fourth-order valence-electron chi connectivity index (χ4n) is 3.98. The number of carbonyl (C=O) groups is 1. The number of fused-ring (bicyclic) bond motifs is 2. The first kappa shape index (κ1) is 22.0. The van der Waals surface area contributed by atoms with Gasteiger partial charge in [0.2, 0.25) is 21.8 Å². The highest BCUT2D eigenvalue weighted by Crippen LogP contribution is 2.40. The Balaban J connectivity index is 1.63. The zero-order valence-corrected chi connectivity index (χ0v) is 17.6. The lowest BCUT2D eigenvalue weighted by Gasteiger charge is -2.45. The molecule has 0 saturated carbocycles. The van der Waals surface area contributed by atoms with Crippen LogP contribution in [-0.4, -0.2) is 47.4 Å². The third-order valence-corrected chi connectivity index (χ3v) is 7.51. The molecule has 0 bridgehead atoms. The first-order valence-corrected chi connectivity index (χ1v) is 11.2. The molecule has 1 amide bonds. The minimum atomic E-state index is -4.61. The van der Waals surface area contributed by atoms with Crippen molar-refractivity contribution in [1.29, 1.82) is 5.41 Å². The molecule has 2 aromatic rings. The van der Waals surface area contributed by atoms with Crippen LogP contribution in [0, 0.1) is 5.41 Å². The van der Waals surface area contributed by atoms with Crippen LogP contribution < -0.4 is 10.6 Å². The molecule has 1 atom stereocenters. The van der Waals surface area contributed by atoms with Crippen molar-refractivity contribution in [3.63, 3.8) is 0 Å². The van der Waals surface area contributed by atoms with Gasteiger partial charge in [-0.25, -0.2) is 22.7 Å². The van der Waals surface area contributed by atoms with Crippen LogP contribution >= 0.6 is 0 Å². The van der Waals surface area contributed by atoms with E-state index in [4.69, 9.17) is 5.41 Å². The summed E-state index contributed by atoms with van der Waals surface area (Å²) in [4.78, 5) is 19.4. The molecular formula is C19H19F3N6O3S. The standard InChI is InChI=1S/C19H19F3N6O3S/c1-28-17(23)27-18(10-32(28,30)31)6-2-3-11-4-5-13(7-14(11)18)26-16(29)15-24-8-12(9-25-15)19(20,21)22/h4-5,7-9H,2-3,6,10H2,1H3,(H2,23,27)(H,26,29)/t18-/m0/s1. The Labute approximate surface area is 181 Å². The fourth-order valence-corrected chi connectivity index (χ4v) is 5.49. The number of benzene rings is 1. The van der Waals surface area contributed by atoms with Crippen molar-refractivity contribution >= 4 is 27.6 Å². The maximum absolute atomic E-state index is 12.7. The number of sulfonamides is 1. The normalized spacial score (nSPS) is 22.2. The van der Waals surface area contributed by atoms with Gasteiger partial charge in [0.15, 0.2) is 0 Å². The van der Waals surface area contributed by atoms with Crippen molar-refractivity contribution in [2.45, 2.75) is 31.0 Å².